The van der Waals surface area contributed by atoms with Gasteiger partial charge in [0.25, 0.3) is 5.56 Å². The molecule has 0 amide bonds. The number of benzene rings is 3. The minimum atomic E-state index is -0.773. The molecule has 5 rings (SSSR count). The Morgan fingerprint density at radius 1 is 0.867 bits per heavy atom. The molecular weight excluding hydrogens is 378 g/mol. The van der Waals surface area contributed by atoms with Crippen LogP contribution in [0.5, 0.6) is 0 Å². The number of aromatic amines is 1. The highest BCUT2D eigenvalue weighted by Crippen LogP contribution is 2.43. The number of anilines is 1. The topological polar surface area (TPSA) is 91.9 Å². The van der Waals surface area contributed by atoms with Gasteiger partial charge in [0.2, 0.25) is 0 Å². The van der Waals surface area contributed by atoms with Crippen molar-refractivity contribution in [3.8, 4) is 0 Å². The van der Waals surface area contributed by atoms with Crippen LogP contribution < -0.4 is 10.9 Å². The number of hydrogen-bond acceptors (Lipinski definition) is 5. The summed E-state index contributed by atoms with van der Waals surface area (Å²) >= 11 is 0. The lowest BCUT2D eigenvalue weighted by Crippen LogP contribution is -2.42. The quantitative estimate of drug-likeness (QED) is 0.517. The van der Waals surface area contributed by atoms with Crippen LogP contribution in [0.4, 0.5) is 5.69 Å². The van der Waals surface area contributed by atoms with E-state index in [1.54, 1.807) is 18.2 Å². The van der Waals surface area contributed by atoms with E-state index in [0.29, 0.717) is 22.9 Å². The van der Waals surface area contributed by atoms with Gasteiger partial charge in [-0.25, -0.2) is 5.10 Å². The molecule has 0 fully saturated rings. The van der Waals surface area contributed by atoms with Crippen molar-refractivity contribution in [1.29, 1.82) is 0 Å². The van der Waals surface area contributed by atoms with Crippen molar-refractivity contribution >= 4 is 29.0 Å². The van der Waals surface area contributed by atoms with Gasteiger partial charge in [0, 0.05) is 28.6 Å². The van der Waals surface area contributed by atoms with Crippen molar-refractivity contribution in [2.45, 2.75) is 12.0 Å². The third kappa shape index (κ3) is 2.65. The van der Waals surface area contributed by atoms with Gasteiger partial charge in [-0.3, -0.25) is 14.4 Å². The van der Waals surface area contributed by atoms with Crippen molar-refractivity contribution in [3.05, 3.63) is 105 Å². The van der Waals surface area contributed by atoms with E-state index in [0.717, 1.165) is 40.5 Å². The van der Waals surface area contributed by atoms with Gasteiger partial charge >= 0.3 is 0 Å². The van der Waals surface area contributed by atoms with Crippen molar-refractivity contribution in [3.63, 3.8) is 0 Å². The number of nitrogens with zero attached hydrogens (tertiary/aromatic N) is 1. The number of carbonyl (C=O) groups excluding carboxylic acids is 2. The fraction of sp³-hybridized carbons (Fsp3) is 0.0833. The second-order valence-electron chi connectivity index (χ2n) is 7.42. The van der Waals surface area contributed by atoms with E-state index in [2.05, 4.69) is 15.5 Å². The Kier molecular flexibility index (Phi) is 4.06. The molecule has 0 bridgehead atoms. The van der Waals surface area contributed by atoms with Crippen LogP contribution in [0, 0.1) is 0 Å². The summed E-state index contributed by atoms with van der Waals surface area (Å²) in [5.74, 6) is 0. The van der Waals surface area contributed by atoms with Gasteiger partial charge in [0.1, 0.15) is 12.6 Å². The predicted octanol–water partition coefficient (Wildman–Crippen LogP) is 3.46. The smallest absolute Gasteiger partial charge is 0.272 e. The van der Waals surface area contributed by atoms with Crippen LogP contribution in [0.15, 0.2) is 71.5 Å². The molecule has 0 spiro atoms. The SMILES string of the molecule is O=Cc1cccc(C2(c3cccc(C=O)c3)Cc3n[nH]c(=O)c4cccc(c34)N2)c1. The minimum absolute atomic E-state index is 0.240. The molecule has 0 saturated carbocycles. The first-order valence-corrected chi connectivity index (χ1v) is 9.54. The summed E-state index contributed by atoms with van der Waals surface area (Å²) in [6, 6.07) is 20.3. The number of rotatable bonds is 4. The highest BCUT2D eigenvalue weighted by molar-refractivity contribution is 5.97. The summed E-state index contributed by atoms with van der Waals surface area (Å²) in [5, 5.41) is 11.9. The largest absolute Gasteiger partial charge is 0.371 e. The Hall–Kier alpha value is -4.06. The summed E-state index contributed by atoms with van der Waals surface area (Å²) < 4.78 is 0. The Labute approximate surface area is 171 Å². The Balaban J connectivity index is 1.81. The molecule has 0 saturated heterocycles. The van der Waals surface area contributed by atoms with Crippen LogP contribution in [-0.2, 0) is 12.0 Å². The van der Waals surface area contributed by atoms with Gasteiger partial charge in [0.15, 0.2) is 0 Å². The van der Waals surface area contributed by atoms with E-state index >= 15 is 0 Å². The number of nitrogens with one attached hydrogen (secondary N) is 2. The van der Waals surface area contributed by atoms with E-state index in [9.17, 15) is 14.4 Å². The number of carbonyl (C=O) groups is 2. The van der Waals surface area contributed by atoms with Crippen LogP contribution in [0.3, 0.4) is 0 Å². The van der Waals surface area contributed by atoms with Crippen LogP contribution in [0.25, 0.3) is 10.8 Å². The van der Waals surface area contributed by atoms with Gasteiger partial charge < -0.3 is 5.32 Å². The van der Waals surface area contributed by atoms with E-state index in [4.69, 9.17) is 0 Å². The second-order valence-corrected chi connectivity index (χ2v) is 7.42. The fourth-order valence-corrected chi connectivity index (χ4v) is 4.31. The second kappa shape index (κ2) is 6.77. The molecule has 4 aromatic rings. The monoisotopic (exact) mass is 395 g/mol. The molecule has 146 valence electrons. The van der Waals surface area contributed by atoms with E-state index in [1.807, 2.05) is 48.5 Å². The lowest BCUT2D eigenvalue weighted by Gasteiger charge is -2.40. The van der Waals surface area contributed by atoms with Crippen molar-refractivity contribution in [2.24, 2.45) is 0 Å². The summed E-state index contributed by atoms with van der Waals surface area (Å²) in [6.45, 7) is 0. The summed E-state index contributed by atoms with van der Waals surface area (Å²) in [5.41, 5.74) is 3.35. The molecule has 1 aromatic heterocycles. The number of hydrogen-bond donors (Lipinski definition) is 2. The average molecular weight is 395 g/mol. The van der Waals surface area contributed by atoms with Crippen LogP contribution in [0.2, 0.25) is 0 Å². The first kappa shape index (κ1) is 18.0. The molecule has 0 unspecified atom stereocenters. The molecule has 1 aliphatic rings. The predicted molar refractivity (Wildman–Crippen MR) is 114 cm³/mol. The maximum atomic E-state index is 12.3. The van der Waals surface area contributed by atoms with Crippen molar-refractivity contribution in [1.82, 2.24) is 10.2 Å². The Bertz CT molecular complexity index is 1310. The van der Waals surface area contributed by atoms with Crippen molar-refractivity contribution < 1.29 is 9.59 Å². The lowest BCUT2D eigenvalue weighted by molar-refractivity contribution is 0.111. The highest BCUT2D eigenvalue weighted by Gasteiger charge is 2.40. The maximum Gasteiger partial charge on any atom is 0.272 e. The lowest BCUT2D eigenvalue weighted by atomic mass is 9.75. The van der Waals surface area contributed by atoms with Crippen LogP contribution >= 0.6 is 0 Å². The zero-order chi connectivity index (χ0) is 20.7. The fourth-order valence-electron chi connectivity index (χ4n) is 4.31. The third-order valence-corrected chi connectivity index (χ3v) is 5.70. The third-order valence-electron chi connectivity index (χ3n) is 5.70. The van der Waals surface area contributed by atoms with E-state index in [-0.39, 0.29) is 5.56 Å². The van der Waals surface area contributed by atoms with Crippen LogP contribution in [-0.4, -0.2) is 22.8 Å². The molecule has 6 nitrogen and oxygen atoms in total. The molecule has 2 N–H and O–H groups in total. The molecule has 0 atom stereocenters. The van der Waals surface area contributed by atoms with Crippen molar-refractivity contribution in [2.75, 3.05) is 5.32 Å². The summed E-state index contributed by atoms with van der Waals surface area (Å²) in [4.78, 5) is 35.2. The van der Waals surface area contributed by atoms with Gasteiger partial charge in [-0.2, -0.15) is 5.10 Å². The summed E-state index contributed by atoms with van der Waals surface area (Å²) in [6.07, 6.45) is 2.06. The van der Waals surface area contributed by atoms with Crippen LogP contribution in [0.1, 0.15) is 37.5 Å². The highest BCUT2D eigenvalue weighted by atomic mass is 16.1. The molecule has 1 aliphatic heterocycles. The molecule has 6 heteroatoms. The van der Waals surface area contributed by atoms with Gasteiger partial charge in [-0.05, 0) is 35.4 Å². The maximum absolute atomic E-state index is 12.3. The normalized spacial score (nSPS) is 14.1. The number of aldehydes is 2. The average Bonchev–Trinajstić information content (AvgIpc) is 2.81. The number of H-pyrrole nitrogens is 1. The zero-order valence-electron chi connectivity index (χ0n) is 15.9. The molecular formula is C24H17N3O3. The molecule has 2 heterocycles. The van der Waals surface area contributed by atoms with Gasteiger partial charge in [0.05, 0.1) is 16.6 Å². The minimum Gasteiger partial charge on any atom is -0.371 e. The van der Waals surface area contributed by atoms with E-state index in [1.165, 1.54) is 0 Å². The van der Waals surface area contributed by atoms with Gasteiger partial charge in [-0.1, -0.05) is 42.5 Å². The van der Waals surface area contributed by atoms with E-state index < -0.39 is 5.54 Å². The molecule has 30 heavy (non-hydrogen) atoms. The Morgan fingerprint density at radius 3 is 2.13 bits per heavy atom. The summed E-state index contributed by atoms with van der Waals surface area (Å²) in [7, 11) is 0. The first-order chi connectivity index (χ1) is 14.6. The zero-order valence-corrected chi connectivity index (χ0v) is 15.9. The Morgan fingerprint density at radius 2 is 1.50 bits per heavy atom. The standard InChI is InChI=1S/C24H17N3O3/c28-13-15-4-1-6-17(10-15)24(18-7-2-5-16(11-18)14-29)12-21-22-19(23(30)27-26-21)8-3-9-20(22)25-24/h1-11,13-14,25H,12H2,(H,27,30). The molecule has 3 aromatic carbocycles. The molecule has 0 radical (unpaired) electrons. The first-order valence-electron chi connectivity index (χ1n) is 9.54. The number of aromatic nitrogens is 2. The van der Waals surface area contributed by atoms with Gasteiger partial charge in [-0.15, -0.1) is 0 Å². The molecule has 0 aliphatic carbocycles.